The highest BCUT2D eigenvalue weighted by Gasteiger charge is 2.39. The molecule has 0 heterocycles. The molecule has 0 aliphatic heterocycles. The predicted molar refractivity (Wildman–Crippen MR) is 99.9 cm³/mol. The number of carbonyl (C=O) groups excluding carboxylic acids is 1. The second-order valence-corrected chi connectivity index (χ2v) is 8.34. The van der Waals surface area contributed by atoms with E-state index < -0.39 is 54.6 Å². The highest BCUT2D eigenvalue weighted by Crippen LogP contribution is 2.48. The Kier molecular flexibility index (Phi) is 8.02. The molecule has 2 aromatic carbocycles. The van der Waals surface area contributed by atoms with Crippen molar-refractivity contribution >= 4 is 13.7 Å². The topological polar surface area (TPSA) is 73.9 Å². The molecule has 1 N–H and O–H groups in total. The van der Waals surface area contributed by atoms with Crippen molar-refractivity contribution in [3.8, 4) is 11.5 Å². The first-order chi connectivity index (χ1) is 14.5. The second kappa shape index (κ2) is 10.1. The molecular formula is C19H19F5NO5P. The van der Waals surface area contributed by atoms with Crippen molar-refractivity contribution in [3.05, 3.63) is 59.4 Å². The van der Waals surface area contributed by atoms with Gasteiger partial charge in [-0.2, -0.15) is 13.9 Å². The van der Waals surface area contributed by atoms with Gasteiger partial charge in [-0.15, -0.1) is 0 Å². The lowest BCUT2D eigenvalue weighted by molar-refractivity contribution is -0.143. The lowest BCUT2D eigenvalue weighted by Gasteiger charge is -2.25. The molecule has 0 aromatic heterocycles. The molecule has 1 unspecified atom stereocenters. The molecule has 0 radical (unpaired) electrons. The predicted octanol–water partition coefficient (Wildman–Crippen LogP) is 5.13. The summed E-state index contributed by atoms with van der Waals surface area (Å²) in [6.07, 6.45) is 0.0231. The van der Waals surface area contributed by atoms with Crippen LogP contribution in [0.5, 0.6) is 11.5 Å². The Labute approximate surface area is 174 Å². The van der Waals surface area contributed by atoms with Crippen molar-refractivity contribution in [2.24, 2.45) is 5.92 Å². The van der Waals surface area contributed by atoms with Gasteiger partial charge in [-0.3, -0.25) is 4.79 Å². The molecule has 2 aromatic rings. The van der Waals surface area contributed by atoms with Gasteiger partial charge in [-0.1, -0.05) is 32.0 Å². The number of methoxy groups -OCH3 is 1. The minimum Gasteiger partial charge on any atom is -0.468 e. The summed E-state index contributed by atoms with van der Waals surface area (Å²) in [5.74, 6) is -14.7. The SMILES string of the molecule is COC(=O)C(CC(C)C)N[P@](=O)(Oc1ccccc1)Oc1c(F)c(F)c(F)c(F)c1F. The van der Waals surface area contributed by atoms with Crippen LogP contribution in [-0.4, -0.2) is 19.1 Å². The largest absolute Gasteiger partial charge is 0.513 e. The van der Waals surface area contributed by atoms with Crippen LogP contribution in [0.25, 0.3) is 0 Å². The Bertz CT molecular complexity index is 960. The number of rotatable bonds is 9. The molecule has 170 valence electrons. The first-order valence-electron chi connectivity index (χ1n) is 8.90. The third-order valence-electron chi connectivity index (χ3n) is 3.86. The lowest BCUT2D eigenvalue weighted by Crippen LogP contribution is -2.39. The number of para-hydroxylation sites is 1. The van der Waals surface area contributed by atoms with E-state index in [2.05, 4.69) is 9.82 Å². The number of esters is 1. The van der Waals surface area contributed by atoms with Gasteiger partial charge in [0.2, 0.25) is 34.8 Å². The van der Waals surface area contributed by atoms with E-state index in [1.54, 1.807) is 19.9 Å². The Morgan fingerprint density at radius 3 is 1.94 bits per heavy atom. The third kappa shape index (κ3) is 5.95. The molecule has 2 atom stereocenters. The smallest absolute Gasteiger partial charge is 0.468 e. The molecule has 12 heteroatoms. The fourth-order valence-corrected chi connectivity index (χ4v) is 4.02. The number of halogens is 5. The van der Waals surface area contributed by atoms with Gasteiger partial charge in [0.15, 0.2) is 0 Å². The van der Waals surface area contributed by atoms with Gasteiger partial charge in [-0.05, 0) is 24.5 Å². The third-order valence-corrected chi connectivity index (χ3v) is 5.36. The van der Waals surface area contributed by atoms with Crippen LogP contribution in [0.3, 0.4) is 0 Å². The number of carbonyl (C=O) groups is 1. The summed E-state index contributed by atoms with van der Waals surface area (Å²) in [6.45, 7) is 3.43. The van der Waals surface area contributed by atoms with Crippen molar-refractivity contribution in [1.29, 1.82) is 0 Å². The van der Waals surface area contributed by atoms with E-state index in [1.165, 1.54) is 24.3 Å². The lowest BCUT2D eigenvalue weighted by atomic mass is 10.1. The van der Waals surface area contributed by atoms with Crippen molar-refractivity contribution in [3.63, 3.8) is 0 Å². The molecule has 31 heavy (non-hydrogen) atoms. The monoisotopic (exact) mass is 467 g/mol. The zero-order valence-electron chi connectivity index (χ0n) is 16.6. The number of nitrogens with one attached hydrogen (secondary N) is 1. The second-order valence-electron chi connectivity index (χ2n) is 6.73. The number of ether oxygens (including phenoxy) is 1. The quantitative estimate of drug-likeness (QED) is 0.181. The summed E-state index contributed by atoms with van der Waals surface area (Å²) in [5.41, 5.74) is 0. The molecule has 0 bridgehead atoms. The molecule has 0 amide bonds. The normalized spacial score (nSPS) is 14.1. The molecule has 6 nitrogen and oxygen atoms in total. The average molecular weight is 467 g/mol. The summed E-state index contributed by atoms with van der Waals surface area (Å²) in [7, 11) is -3.89. The molecular weight excluding hydrogens is 448 g/mol. The fourth-order valence-electron chi connectivity index (χ4n) is 2.48. The van der Waals surface area contributed by atoms with Gasteiger partial charge >= 0.3 is 13.7 Å². The summed E-state index contributed by atoms with van der Waals surface area (Å²) in [6, 6.07) is 5.75. The minimum atomic E-state index is -4.94. The van der Waals surface area contributed by atoms with E-state index in [9.17, 15) is 31.3 Å². The van der Waals surface area contributed by atoms with Crippen LogP contribution >= 0.6 is 7.75 Å². The highest BCUT2D eigenvalue weighted by atomic mass is 31.2. The van der Waals surface area contributed by atoms with E-state index in [0.29, 0.717) is 0 Å². The standard InChI is InChI=1S/C19H19F5NO5P/c1-10(2)9-12(19(26)28-3)25-31(27,29-11-7-5-4-6-8-11)30-18-16(23)14(21)13(20)15(22)17(18)24/h4-8,10,12H,9H2,1-3H3,(H,25,27)/t12?,31-/m0/s1. The molecule has 0 spiro atoms. The minimum absolute atomic E-state index is 0.0231. The number of benzene rings is 2. The van der Waals surface area contributed by atoms with Crippen LogP contribution in [0.15, 0.2) is 30.3 Å². The number of hydrogen-bond donors (Lipinski definition) is 1. The molecule has 0 fully saturated rings. The van der Waals surface area contributed by atoms with E-state index in [4.69, 9.17) is 9.05 Å². The first kappa shape index (κ1) is 24.6. The van der Waals surface area contributed by atoms with Gasteiger partial charge in [0.25, 0.3) is 0 Å². The van der Waals surface area contributed by atoms with Gasteiger partial charge in [0, 0.05) is 0 Å². The molecule has 0 saturated carbocycles. The zero-order chi connectivity index (χ0) is 23.3. The van der Waals surface area contributed by atoms with Gasteiger partial charge in [0.1, 0.15) is 11.8 Å². The zero-order valence-corrected chi connectivity index (χ0v) is 17.5. The maximum atomic E-state index is 14.1. The maximum absolute atomic E-state index is 14.1. The van der Waals surface area contributed by atoms with Crippen molar-refractivity contribution < 1.29 is 45.1 Å². The highest BCUT2D eigenvalue weighted by molar-refractivity contribution is 7.52. The van der Waals surface area contributed by atoms with E-state index >= 15 is 0 Å². The summed E-state index contributed by atoms with van der Waals surface area (Å²) >= 11 is 0. The molecule has 0 aliphatic carbocycles. The van der Waals surface area contributed by atoms with E-state index in [1.807, 2.05) is 0 Å². The summed E-state index contributed by atoms with van der Waals surface area (Å²) in [4.78, 5) is 12.1. The molecule has 0 aliphatic rings. The van der Waals surface area contributed by atoms with Crippen LogP contribution in [0.1, 0.15) is 20.3 Å². The molecule has 2 rings (SSSR count). The van der Waals surface area contributed by atoms with Gasteiger partial charge < -0.3 is 13.8 Å². The van der Waals surface area contributed by atoms with Gasteiger partial charge in [-0.25, -0.2) is 17.7 Å². The maximum Gasteiger partial charge on any atom is 0.513 e. The van der Waals surface area contributed by atoms with Crippen molar-refractivity contribution in [1.82, 2.24) is 5.09 Å². The van der Waals surface area contributed by atoms with E-state index in [-0.39, 0.29) is 18.1 Å². The van der Waals surface area contributed by atoms with Crippen LogP contribution in [-0.2, 0) is 14.1 Å². The van der Waals surface area contributed by atoms with Crippen LogP contribution in [0.2, 0.25) is 0 Å². The first-order valence-corrected chi connectivity index (χ1v) is 10.4. The Morgan fingerprint density at radius 1 is 0.935 bits per heavy atom. The Hall–Kier alpha value is -2.65. The van der Waals surface area contributed by atoms with Crippen molar-refractivity contribution in [2.45, 2.75) is 26.3 Å². The van der Waals surface area contributed by atoms with E-state index in [0.717, 1.165) is 7.11 Å². The Balaban J connectivity index is 2.53. The number of hydrogen-bond acceptors (Lipinski definition) is 5. The molecule has 0 saturated heterocycles. The van der Waals surface area contributed by atoms with Crippen LogP contribution < -0.4 is 14.1 Å². The average Bonchev–Trinajstić information content (AvgIpc) is 2.73. The summed E-state index contributed by atoms with van der Waals surface area (Å²) < 4.78 is 96.5. The van der Waals surface area contributed by atoms with Crippen LogP contribution in [0, 0.1) is 35.0 Å². The van der Waals surface area contributed by atoms with Crippen LogP contribution in [0.4, 0.5) is 22.0 Å². The Morgan fingerprint density at radius 2 is 1.45 bits per heavy atom. The van der Waals surface area contributed by atoms with Crippen molar-refractivity contribution in [2.75, 3.05) is 7.11 Å². The summed E-state index contributed by atoms with van der Waals surface area (Å²) in [5, 5.41) is 2.18. The van der Waals surface area contributed by atoms with Gasteiger partial charge in [0.05, 0.1) is 7.11 Å². The fraction of sp³-hybridized carbons (Fsp3) is 0.316.